The number of rotatable bonds is 2. The molecule has 2 nitrogen and oxygen atoms in total. The van der Waals surface area contributed by atoms with E-state index in [4.69, 9.17) is 10.00 Å². The van der Waals surface area contributed by atoms with Gasteiger partial charge in [0.05, 0.1) is 6.10 Å². The summed E-state index contributed by atoms with van der Waals surface area (Å²) in [6, 6.07) is 0. The van der Waals surface area contributed by atoms with E-state index in [1.165, 1.54) is 0 Å². The molecule has 0 aromatic carbocycles. The molecule has 0 aliphatic rings. The van der Waals surface area contributed by atoms with Crippen molar-refractivity contribution in [3.63, 3.8) is 0 Å². The minimum Gasteiger partial charge on any atom is -0.393 e. The molecule has 11 heavy (non-hydrogen) atoms. The lowest BCUT2D eigenvalue weighted by Gasteiger charge is -2.04. The summed E-state index contributed by atoms with van der Waals surface area (Å²) in [5.41, 5.74) is 0. The van der Waals surface area contributed by atoms with Gasteiger partial charge in [-0.15, -0.1) is 0 Å². The van der Waals surface area contributed by atoms with Crippen molar-refractivity contribution in [2.24, 2.45) is 5.92 Å². The van der Waals surface area contributed by atoms with Crippen molar-refractivity contribution in [1.29, 1.82) is 0 Å². The lowest BCUT2D eigenvalue weighted by atomic mass is 10.1. The maximum atomic E-state index is 8.72. The fourth-order valence-corrected chi connectivity index (χ4v) is 0.682. The SMILES string of the molecule is CC(C)CC(C)O.OP(Cl)Cl. The van der Waals surface area contributed by atoms with E-state index in [0.717, 1.165) is 6.42 Å². The largest absolute Gasteiger partial charge is 0.393 e. The van der Waals surface area contributed by atoms with Crippen LogP contribution in [0.5, 0.6) is 0 Å². The molecule has 5 heteroatoms. The molecule has 0 fully saturated rings. The number of aliphatic hydroxyl groups excluding tert-OH is 1. The third kappa shape index (κ3) is 35.9. The highest BCUT2D eigenvalue weighted by Gasteiger charge is 1.97. The molecule has 0 aromatic heterocycles. The monoisotopic (exact) mass is 220 g/mol. The van der Waals surface area contributed by atoms with Crippen LogP contribution in [-0.2, 0) is 0 Å². The fourth-order valence-electron chi connectivity index (χ4n) is 0.682. The average Bonchev–Trinajstić information content (AvgIpc) is 1.56. The normalized spacial score (nSPS) is 12.8. The van der Waals surface area contributed by atoms with Gasteiger partial charge in [0.1, 0.15) is 0 Å². The van der Waals surface area contributed by atoms with E-state index in [1.54, 1.807) is 0 Å². The quantitative estimate of drug-likeness (QED) is 0.703. The summed E-state index contributed by atoms with van der Waals surface area (Å²) in [4.78, 5) is 7.65. The van der Waals surface area contributed by atoms with E-state index in [9.17, 15) is 0 Å². The van der Waals surface area contributed by atoms with E-state index in [-0.39, 0.29) is 6.10 Å². The first-order valence-corrected chi connectivity index (χ1v) is 6.45. The molecule has 0 heterocycles. The van der Waals surface area contributed by atoms with Gasteiger partial charge in [0.15, 0.2) is 0 Å². The van der Waals surface area contributed by atoms with Crippen LogP contribution >= 0.6 is 29.3 Å². The van der Waals surface area contributed by atoms with Crippen LogP contribution in [0.3, 0.4) is 0 Å². The van der Waals surface area contributed by atoms with Gasteiger partial charge >= 0.3 is 0 Å². The Hall–Kier alpha value is 0.930. The number of aliphatic hydroxyl groups is 1. The molecule has 70 valence electrons. The Bertz CT molecular complexity index is 70.2. The first-order chi connectivity index (χ1) is 4.86. The Morgan fingerprint density at radius 3 is 1.55 bits per heavy atom. The molecule has 1 unspecified atom stereocenters. The lowest BCUT2D eigenvalue weighted by molar-refractivity contribution is 0.168. The summed E-state index contributed by atoms with van der Waals surface area (Å²) in [5, 5.41) is 8.72. The summed E-state index contributed by atoms with van der Waals surface area (Å²) in [7, 11) is 0. The second-order valence-electron chi connectivity index (χ2n) is 2.69. The first-order valence-electron chi connectivity index (χ1n) is 3.34. The number of hydrogen-bond donors (Lipinski definition) is 2. The highest BCUT2D eigenvalue weighted by Crippen LogP contribution is 2.40. The van der Waals surface area contributed by atoms with Crippen molar-refractivity contribution in [3.8, 4) is 0 Å². The molecule has 2 N–H and O–H groups in total. The van der Waals surface area contributed by atoms with Gasteiger partial charge in [0.2, 0.25) is 6.85 Å². The van der Waals surface area contributed by atoms with Crippen LogP contribution in [0.2, 0.25) is 0 Å². The van der Waals surface area contributed by atoms with Gasteiger partial charge in [-0.3, -0.25) is 0 Å². The summed E-state index contributed by atoms with van der Waals surface area (Å²) >= 11 is 9.32. The van der Waals surface area contributed by atoms with Crippen molar-refractivity contribution in [1.82, 2.24) is 0 Å². The highest BCUT2D eigenvalue weighted by atomic mass is 35.9. The number of halogens is 2. The topological polar surface area (TPSA) is 40.5 Å². The summed E-state index contributed by atoms with van der Waals surface area (Å²) < 4.78 is 0. The van der Waals surface area contributed by atoms with Crippen LogP contribution in [0.1, 0.15) is 27.2 Å². The van der Waals surface area contributed by atoms with Crippen molar-refractivity contribution in [3.05, 3.63) is 0 Å². The summed E-state index contributed by atoms with van der Waals surface area (Å²) in [6.07, 6.45) is 0.792. The zero-order valence-corrected chi connectivity index (χ0v) is 9.37. The van der Waals surface area contributed by atoms with Crippen molar-refractivity contribution in [2.45, 2.75) is 33.3 Å². The molecule has 0 saturated carbocycles. The maximum Gasteiger partial charge on any atom is 0.222 e. The second kappa shape index (κ2) is 9.02. The van der Waals surface area contributed by atoms with Crippen LogP contribution in [0.4, 0.5) is 0 Å². The van der Waals surface area contributed by atoms with Gasteiger partial charge < -0.3 is 10.00 Å². The first kappa shape index (κ1) is 14.5. The Kier molecular flexibility index (Phi) is 11.9. The van der Waals surface area contributed by atoms with Crippen molar-refractivity contribution < 1.29 is 10.00 Å². The number of hydrogen-bond acceptors (Lipinski definition) is 2. The third-order valence-corrected chi connectivity index (χ3v) is 0.813. The van der Waals surface area contributed by atoms with Crippen LogP contribution in [0, 0.1) is 5.92 Å². The molecule has 0 spiro atoms. The molecule has 0 saturated heterocycles. The fraction of sp³-hybridized carbons (Fsp3) is 1.00. The van der Waals surface area contributed by atoms with Gasteiger partial charge in [0, 0.05) is 0 Å². The summed E-state index contributed by atoms with van der Waals surface area (Å²) in [5.74, 6) is 0.625. The molecule has 0 aliphatic heterocycles. The Balaban J connectivity index is 0. The predicted molar refractivity (Wildman–Crippen MR) is 52.0 cm³/mol. The molecule has 0 rings (SSSR count). The van der Waals surface area contributed by atoms with Crippen molar-refractivity contribution >= 4 is 29.3 Å². The van der Waals surface area contributed by atoms with Gasteiger partial charge in [-0.2, -0.15) is 0 Å². The standard InChI is InChI=1S/C6H14O.Cl2HOP/c1-5(2)4-6(3)7;1-4(2)3/h5-7H,4H2,1-3H3;3H. The maximum absolute atomic E-state index is 8.72. The average molecular weight is 221 g/mol. The second-order valence-corrected chi connectivity index (χ2v) is 5.56. The van der Waals surface area contributed by atoms with E-state index >= 15 is 0 Å². The van der Waals surface area contributed by atoms with E-state index < -0.39 is 6.85 Å². The van der Waals surface area contributed by atoms with Crippen LogP contribution in [-0.4, -0.2) is 16.1 Å². The van der Waals surface area contributed by atoms with E-state index in [2.05, 4.69) is 36.3 Å². The smallest absolute Gasteiger partial charge is 0.222 e. The van der Waals surface area contributed by atoms with Crippen LogP contribution in [0.15, 0.2) is 0 Å². The lowest BCUT2D eigenvalue weighted by Crippen LogP contribution is -2.03. The molecular formula is C6H15Cl2O2P. The molecule has 0 radical (unpaired) electrons. The summed E-state index contributed by atoms with van der Waals surface area (Å²) in [6.45, 7) is 4.35. The predicted octanol–water partition coefficient (Wildman–Crippen LogP) is 3.10. The minimum atomic E-state index is -1.68. The Morgan fingerprint density at radius 2 is 1.55 bits per heavy atom. The zero-order valence-electron chi connectivity index (χ0n) is 6.96. The van der Waals surface area contributed by atoms with E-state index in [0.29, 0.717) is 5.92 Å². The van der Waals surface area contributed by atoms with E-state index in [1.807, 2.05) is 6.92 Å². The molecule has 0 bridgehead atoms. The Morgan fingerprint density at radius 1 is 1.27 bits per heavy atom. The van der Waals surface area contributed by atoms with Gasteiger partial charge in [-0.1, -0.05) is 13.8 Å². The third-order valence-electron chi connectivity index (χ3n) is 0.813. The molecule has 0 aromatic rings. The molecule has 1 atom stereocenters. The zero-order chi connectivity index (χ0) is 9.44. The van der Waals surface area contributed by atoms with Gasteiger partial charge in [0.25, 0.3) is 0 Å². The molecule has 0 amide bonds. The molecule has 0 aliphatic carbocycles. The van der Waals surface area contributed by atoms with Crippen molar-refractivity contribution in [2.75, 3.05) is 0 Å². The van der Waals surface area contributed by atoms with Gasteiger partial charge in [-0.05, 0) is 41.7 Å². The Labute approximate surface area is 78.9 Å². The molecular weight excluding hydrogens is 206 g/mol. The van der Waals surface area contributed by atoms with Gasteiger partial charge in [-0.25, -0.2) is 0 Å². The van der Waals surface area contributed by atoms with Crippen LogP contribution in [0.25, 0.3) is 0 Å². The minimum absolute atomic E-state index is 0.125. The van der Waals surface area contributed by atoms with Crippen LogP contribution < -0.4 is 0 Å². The highest BCUT2D eigenvalue weighted by molar-refractivity contribution is 7.99.